The zero-order valence-corrected chi connectivity index (χ0v) is 17.2. The second-order valence-corrected chi connectivity index (χ2v) is 7.11. The average molecular weight is 425 g/mol. The van der Waals surface area contributed by atoms with Gasteiger partial charge in [-0.1, -0.05) is 11.6 Å². The van der Waals surface area contributed by atoms with Crippen molar-refractivity contribution in [3.63, 3.8) is 0 Å². The van der Waals surface area contributed by atoms with Gasteiger partial charge in [0.25, 0.3) is 0 Å². The summed E-state index contributed by atoms with van der Waals surface area (Å²) in [5.41, 5.74) is 0.945. The summed E-state index contributed by atoms with van der Waals surface area (Å²) in [6.07, 6.45) is 1.77. The Bertz CT molecular complexity index is 551. The SMILES string of the molecule is Cl.Cl.O=C1C(CN2CCN(CCCO)CC2)CCN1c1ccc(Cl)cc1. The number of piperazine rings is 1. The molecule has 2 heterocycles. The normalized spacial score (nSPS) is 21.4. The van der Waals surface area contributed by atoms with Gasteiger partial charge in [-0.3, -0.25) is 4.79 Å². The highest BCUT2D eigenvalue weighted by Crippen LogP contribution is 2.27. The van der Waals surface area contributed by atoms with E-state index in [1.807, 2.05) is 29.2 Å². The van der Waals surface area contributed by atoms with Crippen LogP contribution in [0, 0.1) is 5.92 Å². The van der Waals surface area contributed by atoms with E-state index in [-0.39, 0.29) is 43.2 Å². The van der Waals surface area contributed by atoms with Crippen LogP contribution in [-0.4, -0.2) is 73.2 Å². The summed E-state index contributed by atoms with van der Waals surface area (Å²) >= 11 is 5.93. The molecule has 0 radical (unpaired) electrons. The predicted octanol–water partition coefficient (Wildman–Crippen LogP) is 2.54. The zero-order chi connectivity index (χ0) is 16.9. The van der Waals surface area contributed by atoms with Gasteiger partial charge in [-0.15, -0.1) is 24.8 Å². The van der Waals surface area contributed by atoms with Crippen molar-refractivity contribution in [2.45, 2.75) is 12.8 Å². The zero-order valence-electron chi connectivity index (χ0n) is 14.8. The molecule has 1 aromatic carbocycles. The van der Waals surface area contributed by atoms with E-state index in [1.54, 1.807) is 0 Å². The summed E-state index contributed by atoms with van der Waals surface area (Å²) in [6, 6.07) is 7.51. The molecule has 2 aliphatic heterocycles. The number of nitrogens with zero attached hydrogens (tertiary/aromatic N) is 3. The van der Waals surface area contributed by atoms with Gasteiger partial charge in [0.2, 0.25) is 5.91 Å². The second kappa shape index (κ2) is 11.3. The number of benzene rings is 1. The van der Waals surface area contributed by atoms with E-state index in [0.717, 1.165) is 64.3 Å². The van der Waals surface area contributed by atoms with Crippen molar-refractivity contribution < 1.29 is 9.90 Å². The second-order valence-electron chi connectivity index (χ2n) is 6.67. The van der Waals surface area contributed by atoms with Gasteiger partial charge in [0.1, 0.15) is 0 Å². The number of amides is 1. The fraction of sp³-hybridized carbons (Fsp3) is 0.611. The molecule has 0 aromatic heterocycles. The molecule has 1 N–H and O–H groups in total. The maximum atomic E-state index is 12.7. The lowest BCUT2D eigenvalue weighted by atomic mass is 10.1. The molecule has 148 valence electrons. The molecule has 5 nitrogen and oxygen atoms in total. The van der Waals surface area contributed by atoms with E-state index in [0.29, 0.717) is 5.02 Å². The van der Waals surface area contributed by atoms with E-state index >= 15 is 0 Å². The summed E-state index contributed by atoms with van der Waals surface area (Å²) in [5.74, 6) is 0.338. The van der Waals surface area contributed by atoms with Gasteiger partial charge in [-0.25, -0.2) is 0 Å². The van der Waals surface area contributed by atoms with Crippen LogP contribution in [0.5, 0.6) is 0 Å². The molecular formula is C18H28Cl3N3O2. The molecule has 8 heteroatoms. The van der Waals surface area contributed by atoms with Crippen LogP contribution in [0.4, 0.5) is 5.69 Å². The number of carbonyl (C=O) groups excluding carboxylic acids is 1. The van der Waals surface area contributed by atoms with Gasteiger partial charge in [0.05, 0.1) is 5.92 Å². The summed E-state index contributed by atoms with van der Waals surface area (Å²) in [7, 11) is 0. The van der Waals surface area contributed by atoms with Gasteiger partial charge >= 0.3 is 0 Å². The third-order valence-corrected chi connectivity index (χ3v) is 5.28. The van der Waals surface area contributed by atoms with Crippen molar-refractivity contribution >= 4 is 48.0 Å². The Morgan fingerprint density at radius 1 is 1.00 bits per heavy atom. The summed E-state index contributed by atoms with van der Waals surface area (Å²) in [5, 5.41) is 9.61. The Labute approximate surface area is 173 Å². The van der Waals surface area contributed by atoms with Crippen LogP contribution in [0.15, 0.2) is 24.3 Å². The van der Waals surface area contributed by atoms with Crippen LogP contribution >= 0.6 is 36.4 Å². The maximum absolute atomic E-state index is 12.7. The highest BCUT2D eigenvalue weighted by molar-refractivity contribution is 6.30. The van der Waals surface area contributed by atoms with Crippen LogP contribution in [0.3, 0.4) is 0 Å². The third-order valence-electron chi connectivity index (χ3n) is 5.03. The van der Waals surface area contributed by atoms with E-state index in [9.17, 15) is 4.79 Å². The Balaban J connectivity index is 0.00000169. The summed E-state index contributed by atoms with van der Waals surface area (Å²) in [6.45, 7) is 6.96. The molecule has 3 rings (SSSR count). The van der Waals surface area contributed by atoms with Crippen molar-refractivity contribution in [3.8, 4) is 0 Å². The summed E-state index contributed by atoms with van der Waals surface area (Å²) < 4.78 is 0. The topological polar surface area (TPSA) is 47.0 Å². The first-order valence-electron chi connectivity index (χ1n) is 8.80. The van der Waals surface area contributed by atoms with E-state index < -0.39 is 0 Å². The molecule has 0 aliphatic carbocycles. The number of anilines is 1. The average Bonchev–Trinajstić information content (AvgIpc) is 2.96. The number of halogens is 3. The Morgan fingerprint density at radius 2 is 1.62 bits per heavy atom. The van der Waals surface area contributed by atoms with Gasteiger partial charge < -0.3 is 19.8 Å². The largest absolute Gasteiger partial charge is 0.396 e. The minimum atomic E-state index is 0. The minimum Gasteiger partial charge on any atom is -0.396 e. The molecule has 0 saturated carbocycles. The van der Waals surface area contributed by atoms with Gasteiger partial charge in [0.15, 0.2) is 0 Å². The van der Waals surface area contributed by atoms with E-state index in [2.05, 4.69) is 9.80 Å². The number of hydrogen-bond donors (Lipinski definition) is 1. The standard InChI is InChI=1S/C18H26ClN3O2.2ClH/c19-16-2-4-17(5-3-16)22-8-6-15(18(22)24)14-21-11-9-20(10-12-21)7-1-13-23;;/h2-5,15,23H,1,6-14H2;2*1H. The molecule has 0 bridgehead atoms. The Morgan fingerprint density at radius 3 is 2.23 bits per heavy atom. The van der Waals surface area contributed by atoms with Crippen LogP contribution in [0.2, 0.25) is 5.02 Å². The van der Waals surface area contributed by atoms with E-state index in [4.69, 9.17) is 16.7 Å². The maximum Gasteiger partial charge on any atom is 0.231 e. The minimum absolute atomic E-state index is 0. The molecular weight excluding hydrogens is 397 g/mol. The number of hydrogen-bond acceptors (Lipinski definition) is 4. The number of aliphatic hydroxyl groups is 1. The van der Waals surface area contributed by atoms with Crippen molar-refractivity contribution in [1.82, 2.24) is 9.80 Å². The van der Waals surface area contributed by atoms with Crippen LogP contribution in [0.25, 0.3) is 0 Å². The quantitative estimate of drug-likeness (QED) is 0.762. The Kier molecular flexibility index (Phi) is 10.2. The van der Waals surface area contributed by atoms with Crippen LogP contribution in [0.1, 0.15) is 12.8 Å². The highest BCUT2D eigenvalue weighted by atomic mass is 35.5. The third kappa shape index (κ3) is 5.98. The monoisotopic (exact) mass is 423 g/mol. The number of carbonyl (C=O) groups is 1. The lowest BCUT2D eigenvalue weighted by Gasteiger charge is -2.35. The first kappa shape index (κ1) is 23.5. The molecule has 1 unspecified atom stereocenters. The van der Waals surface area contributed by atoms with Crippen molar-refractivity contribution in [2.75, 3.05) is 57.3 Å². The van der Waals surface area contributed by atoms with Crippen LogP contribution in [-0.2, 0) is 4.79 Å². The molecule has 0 spiro atoms. The lowest BCUT2D eigenvalue weighted by Crippen LogP contribution is -2.48. The predicted molar refractivity (Wildman–Crippen MR) is 111 cm³/mol. The molecule has 2 saturated heterocycles. The smallest absolute Gasteiger partial charge is 0.231 e. The molecule has 1 amide bonds. The van der Waals surface area contributed by atoms with Crippen molar-refractivity contribution in [3.05, 3.63) is 29.3 Å². The molecule has 1 atom stereocenters. The van der Waals surface area contributed by atoms with Gasteiger partial charge in [-0.2, -0.15) is 0 Å². The first-order chi connectivity index (χ1) is 11.7. The lowest BCUT2D eigenvalue weighted by molar-refractivity contribution is -0.121. The molecule has 26 heavy (non-hydrogen) atoms. The molecule has 1 aromatic rings. The van der Waals surface area contributed by atoms with Crippen LogP contribution < -0.4 is 4.90 Å². The first-order valence-corrected chi connectivity index (χ1v) is 9.17. The van der Waals surface area contributed by atoms with E-state index in [1.165, 1.54) is 0 Å². The van der Waals surface area contributed by atoms with Gasteiger partial charge in [0, 0.05) is 63.1 Å². The molecule has 2 fully saturated rings. The summed E-state index contributed by atoms with van der Waals surface area (Å²) in [4.78, 5) is 19.4. The van der Waals surface area contributed by atoms with Crippen molar-refractivity contribution in [2.24, 2.45) is 5.92 Å². The highest BCUT2D eigenvalue weighted by Gasteiger charge is 2.34. The number of aliphatic hydroxyl groups excluding tert-OH is 1. The van der Waals surface area contributed by atoms with Gasteiger partial charge in [-0.05, 0) is 37.1 Å². The number of rotatable bonds is 6. The Hall–Kier alpha value is -0.560. The fourth-order valence-electron chi connectivity index (χ4n) is 3.59. The molecule has 2 aliphatic rings. The van der Waals surface area contributed by atoms with Crippen molar-refractivity contribution in [1.29, 1.82) is 0 Å². The fourth-order valence-corrected chi connectivity index (χ4v) is 3.71.